The number of aromatic nitrogens is 2. The molecule has 0 fully saturated rings. The summed E-state index contributed by atoms with van der Waals surface area (Å²) in [6, 6.07) is 0.983. The molecule has 0 radical (unpaired) electrons. The lowest BCUT2D eigenvalue weighted by Gasteiger charge is -2.21. The normalized spacial score (nSPS) is 13.2. The summed E-state index contributed by atoms with van der Waals surface area (Å²) in [7, 11) is 1.99. The van der Waals surface area contributed by atoms with Crippen molar-refractivity contribution in [3.05, 3.63) is 16.4 Å². The summed E-state index contributed by atoms with van der Waals surface area (Å²) in [5.74, 6) is 0. The predicted octanol–water partition coefficient (Wildman–Crippen LogP) is 3.74. The van der Waals surface area contributed by atoms with Crippen molar-refractivity contribution in [1.29, 1.82) is 0 Å². The third-order valence-electron chi connectivity index (χ3n) is 3.42. The molecule has 1 heterocycles. The van der Waals surface area contributed by atoms with Crippen LogP contribution in [0, 0.1) is 0 Å². The lowest BCUT2D eigenvalue weighted by atomic mass is 10.0. The molecule has 3 nitrogen and oxygen atoms in total. The SMILES string of the molecule is CCCCC(Cc1c(Cl)c(CC)nn1C)NC(C)C. The van der Waals surface area contributed by atoms with Gasteiger partial charge in [0.25, 0.3) is 0 Å². The lowest BCUT2D eigenvalue weighted by molar-refractivity contribution is 0.417. The van der Waals surface area contributed by atoms with E-state index in [0.29, 0.717) is 12.1 Å². The third kappa shape index (κ3) is 4.81. The average molecular weight is 286 g/mol. The molecule has 19 heavy (non-hydrogen) atoms. The van der Waals surface area contributed by atoms with E-state index in [2.05, 4.69) is 38.1 Å². The van der Waals surface area contributed by atoms with Crippen molar-refractivity contribution in [2.24, 2.45) is 7.05 Å². The van der Waals surface area contributed by atoms with E-state index in [4.69, 9.17) is 11.6 Å². The second-order valence-electron chi connectivity index (χ2n) is 5.55. The summed E-state index contributed by atoms with van der Waals surface area (Å²) >= 11 is 6.43. The molecule has 0 bridgehead atoms. The number of unbranched alkanes of at least 4 members (excludes halogenated alkanes) is 1. The van der Waals surface area contributed by atoms with Crippen molar-refractivity contribution in [1.82, 2.24) is 15.1 Å². The molecular formula is C15H28ClN3. The van der Waals surface area contributed by atoms with Gasteiger partial charge in [-0.2, -0.15) is 5.10 Å². The van der Waals surface area contributed by atoms with Gasteiger partial charge in [-0.15, -0.1) is 0 Å². The molecule has 1 N–H and O–H groups in total. The molecule has 0 aliphatic heterocycles. The Morgan fingerprint density at radius 1 is 1.32 bits per heavy atom. The predicted molar refractivity (Wildman–Crippen MR) is 82.9 cm³/mol. The number of aryl methyl sites for hydroxylation is 2. The first kappa shape index (κ1) is 16.5. The Hall–Kier alpha value is -0.540. The van der Waals surface area contributed by atoms with Crippen LogP contribution in [0.15, 0.2) is 0 Å². The van der Waals surface area contributed by atoms with Gasteiger partial charge in [0.15, 0.2) is 0 Å². The second kappa shape index (κ2) is 7.91. The molecule has 1 unspecified atom stereocenters. The van der Waals surface area contributed by atoms with Crippen LogP contribution in [0.2, 0.25) is 5.02 Å². The van der Waals surface area contributed by atoms with Crippen LogP contribution in [0.1, 0.15) is 58.3 Å². The number of halogens is 1. The minimum atomic E-state index is 0.484. The molecule has 0 saturated heterocycles. The van der Waals surface area contributed by atoms with Crippen molar-refractivity contribution in [3.63, 3.8) is 0 Å². The van der Waals surface area contributed by atoms with Gasteiger partial charge in [0.1, 0.15) is 0 Å². The molecule has 0 amide bonds. The van der Waals surface area contributed by atoms with Gasteiger partial charge in [0.05, 0.1) is 16.4 Å². The Labute approximate surface area is 122 Å². The maximum atomic E-state index is 6.43. The van der Waals surface area contributed by atoms with Crippen LogP contribution >= 0.6 is 11.6 Å². The standard InChI is InChI=1S/C15H28ClN3/c1-6-8-9-12(17-11(3)4)10-14-15(16)13(7-2)18-19(14)5/h11-12,17H,6-10H2,1-5H3. The summed E-state index contributed by atoms with van der Waals surface area (Å²) < 4.78 is 1.95. The molecule has 0 aromatic carbocycles. The molecule has 0 aliphatic carbocycles. The van der Waals surface area contributed by atoms with Gasteiger partial charge in [-0.05, 0) is 12.8 Å². The van der Waals surface area contributed by atoms with E-state index in [0.717, 1.165) is 29.3 Å². The number of rotatable bonds is 8. The smallest absolute Gasteiger partial charge is 0.0850 e. The van der Waals surface area contributed by atoms with E-state index in [1.807, 2.05) is 11.7 Å². The fraction of sp³-hybridized carbons (Fsp3) is 0.800. The summed E-state index contributed by atoms with van der Waals surface area (Å²) in [4.78, 5) is 0. The van der Waals surface area contributed by atoms with E-state index in [-0.39, 0.29) is 0 Å². The Kier molecular flexibility index (Phi) is 6.87. The second-order valence-corrected chi connectivity index (χ2v) is 5.93. The topological polar surface area (TPSA) is 29.9 Å². The van der Waals surface area contributed by atoms with Crippen molar-refractivity contribution in [2.45, 2.75) is 71.9 Å². The van der Waals surface area contributed by atoms with Gasteiger partial charge < -0.3 is 5.32 Å². The number of nitrogens with one attached hydrogen (secondary N) is 1. The Morgan fingerprint density at radius 2 is 2.00 bits per heavy atom. The van der Waals surface area contributed by atoms with Gasteiger partial charge in [0.2, 0.25) is 0 Å². The minimum Gasteiger partial charge on any atom is -0.311 e. The van der Waals surface area contributed by atoms with Crippen molar-refractivity contribution in [2.75, 3.05) is 0 Å². The molecule has 1 aromatic heterocycles. The quantitative estimate of drug-likeness (QED) is 0.789. The number of hydrogen-bond acceptors (Lipinski definition) is 2. The van der Waals surface area contributed by atoms with E-state index in [1.54, 1.807) is 0 Å². The largest absolute Gasteiger partial charge is 0.311 e. The van der Waals surface area contributed by atoms with Crippen LogP contribution in [0.25, 0.3) is 0 Å². The maximum Gasteiger partial charge on any atom is 0.0850 e. The monoisotopic (exact) mass is 285 g/mol. The van der Waals surface area contributed by atoms with Crippen LogP contribution in [-0.2, 0) is 19.9 Å². The third-order valence-corrected chi connectivity index (χ3v) is 3.85. The summed E-state index contributed by atoms with van der Waals surface area (Å²) in [6.07, 6.45) is 5.53. The summed E-state index contributed by atoms with van der Waals surface area (Å²) in [6.45, 7) is 8.72. The van der Waals surface area contributed by atoms with E-state index < -0.39 is 0 Å². The highest BCUT2D eigenvalue weighted by Gasteiger charge is 2.18. The van der Waals surface area contributed by atoms with Crippen LogP contribution in [0.3, 0.4) is 0 Å². The zero-order valence-corrected chi connectivity index (χ0v) is 13.7. The Morgan fingerprint density at radius 3 is 2.47 bits per heavy atom. The summed E-state index contributed by atoms with van der Waals surface area (Å²) in [5, 5.41) is 9.00. The molecule has 4 heteroatoms. The van der Waals surface area contributed by atoms with Crippen LogP contribution in [0.4, 0.5) is 0 Å². The molecule has 1 aromatic rings. The number of hydrogen-bond donors (Lipinski definition) is 1. The fourth-order valence-electron chi connectivity index (χ4n) is 2.44. The van der Waals surface area contributed by atoms with E-state index >= 15 is 0 Å². The van der Waals surface area contributed by atoms with Crippen LogP contribution < -0.4 is 5.32 Å². The van der Waals surface area contributed by atoms with Gasteiger partial charge >= 0.3 is 0 Å². The molecule has 0 spiro atoms. The van der Waals surface area contributed by atoms with Gasteiger partial charge in [-0.25, -0.2) is 0 Å². The first-order chi connectivity index (χ1) is 8.99. The zero-order chi connectivity index (χ0) is 14.4. The molecule has 1 atom stereocenters. The Balaban J connectivity index is 2.79. The highest BCUT2D eigenvalue weighted by atomic mass is 35.5. The molecule has 1 rings (SSSR count). The lowest BCUT2D eigenvalue weighted by Crippen LogP contribution is -2.36. The van der Waals surface area contributed by atoms with Crippen molar-refractivity contribution < 1.29 is 0 Å². The van der Waals surface area contributed by atoms with Crippen molar-refractivity contribution in [3.8, 4) is 0 Å². The molecular weight excluding hydrogens is 258 g/mol. The molecule has 0 saturated carbocycles. The maximum absolute atomic E-state index is 6.43. The molecule has 110 valence electrons. The van der Waals surface area contributed by atoms with Crippen LogP contribution in [0.5, 0.6) is 0 Å². The van der Waals surface area contributed by atoms with E-state index in [1.165, 1.54) is 19.3 Å². The Bertz CT molecular complexity index is 385. The average Bonchev–Trinajstić information content (AvgIpc) is 2.62. The van der Waals surface area contributed by atoms with Gasteiger partial charge in [-0.1, -0.05) is 52.1 Å². The van der Waals surface area contributed by atoms with Crippen molar-refractivity contribution >= 4 is 11.6 Å². The fourth-order valence-corrected chi connectivity index (χ4v) is 2.81. The molecule has 0 aliphatic rings. The summed E-state index contributed by atoms with van der Waals surface area (Å²) in [5.41, 5.74) is 2.17. The zero-order valence-electron chi connectivity index (χ0n) is 13.0. The van der Waals surface area contributed by atoms with Gasteiger partial charge in [-0.3, -0.25) is 4.68 Å². The highest BCUT2D eigenvalue weighted by Crippen LogP contribution is 2.23. The first-order valence-corrected chi connectivity index (χ1v) is 7.83. The van der Waals surface area contributed by atoms with Crippen LogP contribution in [-0.4, -0.2) is 21.9 Å². The minimum absolute atomic E-state index is 0.484. The first-order valence-electron chi connectivity index (χ1n) is 7.45. The van der Waals surface area contributed by atoms with E-state index in [9.17, 15) is 0 Å². The number of nitrogens with zero attached hydrogens (tertiary/aromatic N) is 2. The van der Waals surface area contributed by atoms with Gasteiger partial charge in [0, 0.05) is 25.6 Å². The highest BCUT2D eigenvalue weighted by molar-refractivity contribution is 6.31.